The zero-order valence-electron chi connectivity index (χ0n) is 16.3. The Morgan fingerprint density at radius 1 is 0.938 bits per heavy atom. The van der Waals surface area contributed by atoms with E-state index in [4.69, 9.17) is 0 Å². The summed E-state index contributed by atoms with van der Waals surface area (Å²) in [5, 5.41) is 2.48. The average Bonchev–Trinajstić information content (AvgIpc) is 2.67. The fourth-order valence-electron chi connectivity index (χ4n) is 2.94. The van der Waals surface area contributed by atoms with Crippen LogP contribution in [0.3, 0.4) is 0 Å². The second-order valence-electron chi connectivity index (χ2n) is 6.71. The quantitative estimate of drug-likeness (QED) is 0.425. The van der Waals surface area contributed by atoms with E-state index in [1.54, 1.807) is 0 Å². The molecular formula is C21H15BrF4N2O3S. The van der Waals surface area contributed by atoms with Crippen LogP contribution in [0.4, 0.5) is 23.2 Å². The molecule has 11 heteroatoms. The van der Waals surface area contributed by atoms with Gasteiger partial charge in [-0.15, -0.1) is 0 Å². The number of sulfonamides is 1. The molecule has 0 aliphatic rings. The molecule has 0 spiro atoms. The van der Waals surface area contributed by atoms with E-state index < -0.39 is 50.1 Å². The Morgan fingerprint density at radius 3 is 2.22 bits per heavy atom. The Kier molecular flexibility index (Phi) is 6.89. The number of amides is 1. The van der Waals surface area contributed by atoms with Crippen LogP contribution in [0, 0.1) is 23.3 Å². The Balaban J connectivity index is 1.93. The molecule has 1 unspecified atom stereocenters. The van der Waals surface area contributed by atoms with Crippen molar-refractivity contribution >= 4 is 37.5 Å². The van der Waals surface area contributed by atoms with E-state index in [1.165, 1.54) is 31.2 Å². The van der Waals surface area contributed by atoms with Crippen molar-refractivity contribution in [3.63, 3.8) is 0 Å². The molecule has 3 rings (SSSR count). The molecule has 0 aromatic heterocycles. The molecule has 1 atom stereocenters. The van der Waals surface area contributed by atoms with Gasteiger partial charge in [0.1, 0.15) is 23.3 Å². The van der Waals surface area contributed by atoms with E-state index in [0.29, 0.717) is 10.5 Å². The zero-order valence-corrected chi connectivity index (χ0v) is 18.7. The standard InChI is InChI=1S/C21H15BrF4N2O3S/c1-11(14-8-6-13(23)10-18(14)26)27-21(29)15-7-5-12(22)9-19(15)28-32(30,31)20-16(24)3-2-4-17(20)25/h2-11,28H,1H3,(H,27,29). The summed E-state index contributed by atoms with van der Waals surface area (Å²) >= 11 is 3.14. The van der Waals surface area contributed by atoms with Crippen LogP contribution < -0.4 is 10.0 Å². The van der Waals surface area contributed by atoms with Gasteiger partial charge in [0, 0.05) is 16.1 Å². The molecule has 2 N–H and O–H groups in total. The van der Waals surface area contributed by atoms with Crippen molar-refractivity contribution in [2.75, 3.05) is 4.72 Å². The topological polar surface area (TPSA) is 75.3 Å². The number of benzene rings is 3. The molecule has 0 bridgehead atoms. The second-order valence-corrected chi connectivity index (χ2v) is 9.24. The predicted octanol–water partition coefficient (Wildman–Crippen LogP) is 5.30. The Labute approximate surface area is 189 Å². The summed E-state index contributed by atoms with van der Waals surface area (Å²) in [6.07, 6.45) is 0. The van der Waals surface area contributed by atoms with Crippen LogP contribution in [0.25, 0.3) is 0 Å². The minimum absolute atomic E-state index is 0.00687. The molecular weight excluding hydrogens is 516 g/mol. The van der Waals surface area contributed by atoms with Gasteiger partial charge >= 0.3 is 0 Å². The first kappa shape index (κ1) is 23.7. The number of hydrogen-bond acceptors (Lipinski definition) is 3. The largest absolute Gasteiger partial charge is 0.345 e. The van der Waals surface area contributed by atoms with E-state index in [1.807, 2.05) is 4.72 Å². The molecule has 3 aromatic carbocycles. The Bertz CT molecular complexity index is 1280. The van der Waals surface area contributed by atoms with Crippen LogP contribution in [0.2, 0.25) is 0 Å². The maximum absolute atomic E-state index is 14.0. The molecule has 1 amide bonds. The highest BCUT2D eigenvalue weighted by molar-refractivity contribution is 9.10. The van der Waals surface area contributed by atoms with Crippen molar-refractivity contribution in [1.29, 1.82) is 0 Å². The fourth-order valence-corrected chi connectivity index (χ4v) is 4.51. The first-order chi connectivity index (χ1) is 15.0. The fraction of sp³-hybridized carbons (Fsp3) is 0.0952. The number of carbonyl (C=O) groups excluding carboxylic acids is 1. The normalized spacial score (nSPS) is 12.3. The van der Waals surface area contributed by atoms with Crippen LogP contribution in [0.5, 0.6) is 0 Å². The molecule has 0 saturated heterocycles. The number of carbonyl (C=O) groups is 1. The SMILES string of the molecule is CC(NC(=O)c1ccc(Br)cc1NS(=O)(=O)c1c(F)cccc1F)c1ccc(F)cc1F. The first-order valence-electron chi connectivity index (χ1n) is 9.02. The van der Waals surface area contributed by atoms with Crippen molar-refractivity contribution in [2.24, 2.45) is 0 Å². The minimum Gasteiger partial charge on any atom is -0.345 e. The van der Waals surface area contributed by atoms with Crippen molar-refractivity contribution < 1.29 is 30.8 Å². The smallest absolute Gasteiger partial charge is 0.267 e. The molecule has 0 aliphatic heterocycles. The van der Waals surface area contributed by atoms with Crippen molar-refractivity contribution in [2.45, 2.75) is 17.9 Å². The number of halogens is 5. The molecule has 0 radical (unpaired) electrons. The molecule has 5 nitrogen and oxygen atoms in total. The predicted molar refractivity (Wildman–Crippen MR) is 114 cm³/mol. The van der Waals surface area contributed by atoms with Gasteiger partial charge in [-0.2, -0.15) is 0 Å². The molecule has 32 heavy (non-hydrogen) atoms. The van der Waals surface area contributed by atoms with Crippen LogP contribution in [-0.2, 0) is 10.0 Å². The van der Waals surface area contributed by atoms with Gasteiger partial charge in [0.15, 0.2) is 4.90 Å². The Morgan fingerprint density at radius 2 is 1.59 bits per heavy atom. The van der Waals surface area contributed by atoms with Crippen molar-refractivity contribution in [3.8, 4) is 0 Å². The van der Waals surface area contributed by atoms with Gasteiger partial charge in [0.05, 0.1) is 17.3 Å². The molecule has 0 aliphatic carbocycles. The van der Waals surface area contributed by atoms with Gasteiger partial charge in [0.2, 0.25) is 0 Å². The highest BCUT2D eigenvalue weighted by Gasteiger charge is 2.26. The van der Waals surface area contributed by atoms with Gasteiger partial charge in [-0.25, -0.2) is 26.0 Å². The number of nitrogens with one attached hydrogen (secondary N) is 2. The van der Waals surface area contributed by atoms with E-state index in [9.17, 15) is 30.8 Å². The summed E-state index contributed by atoms with van der Waals surface area (Å²) in [6.45, 7) is 1.45. The summed E-state index contributed by atoms with van der Waals surface area (Å²) in [5.74, 6) is -5.07. The van der Waals surface area contributed by atoms with Gasteiger partial charge in [-0.3, -0.25) is 9.52 Å². The van der Waals surface area contributed by atoms with E-state index >= 15 is 0 Å². The number of hydrogen-bond donors (Lipinski definition) is 2. The van der Waals surface area contributed by atoms with Crippen LogP contribution in [0.1, 0.15) is 28.9 Å². The minimum atomic E-state index is -4.74. The lowest BCUT2D eigenvalue weighted by Gasteiger charge is -2.18. The monoisotopic (exact) mass is 530 g/mol. The van der Waals surface area contributed by atoms with Gasteiger partial charge in [0.25, 0.3) is 15.9 Å². The van der Waals surface area contributed by atoms with E-state index in [-0.39, 0.29) is 16.8 Å². The van der Waals surface area contributed by atoms with Crippen LogP contribution in [0.15, 0.2) is 64.0 Å². The summed E-state index contributed by atoms with van der Waals surface area (Å²) in [6, 6.07) is 8.48. The van der Waals surface area contributed by atoms with Crippen molar-refractivity contribution in [1.82, 2.24) is 5.32 Å². The average molecular weight is 531 g/mol. The summed E-state index contributed by atoms with van der Waals surface area (Å²) in [4.78, 5) is 11.6. The van der Waals surface area contributed by atoms with Gasteiger partial charge < -0.3 is 5.32 Å². The van der Waals surface area contributed by atoms with Crippen molar-refractivity contribution in [3.05, 3.63) is 93.5 Å². The van der Waals surface area contributed by atoms with Gasteiger partial charge in [-0.1, -0.05) is 28.1 Å². The first-order valence-corrected chi connectivity index (χ1v) is 11.3. The summed E-state index contributed by atoms with van der Waals surface area (Å²) in [5.41, 5.74) is -0.457. The maximum Gasteiger partial charge on any atom is 0.267 e. The molecule has 168 valence electrons. The summed E-state index contributed by atoms with van der Waals surface area (Å²) < 4.78 is 82.8. The van der Waals surface area contributed by atoms with E-state index in [2.05, 4.69) is 21.2 Å². The third-order valence-corrected chi connectivity index (χ3v) is 6.34. The second kappa shape index (κ2) is 9.29. The third kappa shape index (κ3) is 5.10. The lowest BCUT2D eigenvalue weighted by Crippen LogP contribution is -2.28. The zero-order chi connectivity index (χ0) is 23.6. The van der Waals surface area contributed by atoms with Crippen LogP contribution in [-0.4, -0.2) is 14.3 Å². The molecule has 0 saturated carbocycles. The molecule has 3 aromatic rings. The summed E-state index contributed by atoms with van der Waals surface area (Å²) in [7, 11) is -4.74. The highest BCUT2D eigenvalue weighted by Crippen LogP contribution is 2.27. The lowest BCUT2D eigenvalue weighted by atomic mass is 10.1. The molecule has 0 fully saturated rings. The van der Waals surface area contributed by atoms with Gasteiger partial charge in [-0.05, 0) is 43.3 Å². The van der Waals surface area contributed by atoms with E-state index in [0.717, 1.165) is 24.3 Å². The number of rotatable bonds is 6. The lowest BCUT2D eigenvalue weighted by molar-refractivity contribution is 0.0940. The Hall–Kier alpha value is -2.92. The maximum atomic E-state index is 14.0. The number of anilines is 1. The highest BCUT2D eigenvalue weighted by atomic mass is 79.9. The van der Waals surface area contributed by atoms with Crippen LogP contribution >= 0.6 is 15.9 Å². The third-order valence-electron chi connectivity index (χ3n) is 4.43. The molecule has 0 heterocycles.